The van der Waals surface area contributed by atoms with E-state index in [9.17, 15) is 28.0 Å². The van der Waals surface area contributed by atoms with Crippen molar-refractivity contribution in [3.63, 3.8) is 0 Å². The number of nitriles is 1. The van der Waals surface area contributed by atoms with Crippen LogP contribution in [0, 0.1) is 25.2 Å². The van der Waals surface area contributed by atoms with Crippen LogP contribution in [0.4, 0.5) is 13.2 Å². The molecule has 0 aliphatic heterocycles. The van der Waals surface area contributed by atoms with E-state index in [1.165, 1.54) is 16.7 Å². The van der Waals surface area contributed by atoms with Crippen LogP contribution in [0.25, 0.3) is 28.5 Å². The van der Waals surface area contributed by atoms with Crippen molar-refractivity contribution in [2.24, 2.45) is 0 Å². The maximum atomic E-state index is 13.9. The molecule has 0 aliphatic rings. The standard InChI is InChI=1S/C31H23F3N2O3/c1-19-9-11-25(20(2)13-19)18-36-28(16-27(31(32,33)34)26(17-35)30(36)39)24-8-4-7-23(15-24)22-6-3-5-21(14-22)10-12-29(37)38/h3-16H,18H2,1-2H3,(H,37,38)/b12-10+. The third-order valence-corrected chi connectivity index (χ3v) is 6.34. The highest BCUT2D eigenvalue weighted by atomic mass is 19.4. The molecule has 0 bridgehead atoms. The average molecular weight is 529 g/mol. The molecule has 1 aromatic heterocycles. The van der Waals surface area contributed by atoms with Gasteiger partial charge in [0.2, 0.25) is 0 Å². The third-order valence-electron chi connectivity index (χ3n) is 6.34. The number of benzene rings is 3. The molecule has 0 amide bonds. The number of carboxylic acid groups (broad SMARTS) is 1. The van der Waals surface area contributed by atoms with Crippen molar-refractivity contribution < 1.29 is 23.1 Å². The van der Waals surface area contributed by atoms with Crippen molar-refractivity contribution in [2.75, 3.05) is 0 Å². The van der Waals surface area contributed by atoms with Crippen LogP contribution in [0.15, 0.2) is 83.7 Å². The summed E-state index contributed by atoms with van der Waals surface area (Å²) in [6, 6.07) is 21.6. The largest absolute Gasteiger partial charge is 0.478 e. The van der Waals surface area contributed by atoms with E-state index in [2.05, 4.69) is 0 Å². The third kappa shape index (κ3) is 5.99. The fourth-order valence-corrected chi connectivity index (χ4v) is 4.42. The highest BCUT2D eigenvalue weighted by Gasteiger charge is 2.36. The molecule has 39 heavy (non-hydrogen) atoms. The molecule has 0 saturated heterocycles. The van der Waals surface area contributed by atoms with E-state index < -0.39 is 28.8 Å². The van der Waals surface area contributed by atoms with E-state index in [1.54, 1.807) is 48.5 Å². The Labute approximate surface area is 222 Å². The fourth-order valence-electron chi connectivity index (χ4n) is 4.42. The van der Waals surface area contributed by atoms with Gasteiger partial charge in [0, 0.05) is 6.08 Å². The number of nitrogens with zero attached hydrogens (tertiary/aromatic N) is 2. The lowest BCUT2D eigenvalue weighted by Gasteiger charge is -2.19. The summed E-state index contributed by atoms with van der Waals surface area (Å²) in [6.45, 7) is 3.75. The van der Waals surface area contributed by atoms with Gasteiger partial charge in [0.05, 0.1) is 17.8 Å². The van der Waals surface area contributed by atoms with Crippen LogP contribution in [-0.4, -0.2) is 15.6 Å². The first kappa shape index (κ1) is 27.1. The molecule has 3 aromatic carbocycles. The van der Waals surface area contributed by atoms with Gasteiger partial charge in [-0.1, -0.05) is 60.2 Å². The first-order chi connectivity index (χ1) is 18.5. The van der Waals surface area contributed by atoms with E-state index in [4.69, 9.17) is 5.11 Å². The SMILES string of the molecule is Cc1ccc(Cn2c(-c3cccc(-c4cccc(/C=C/C(=O)O)c4)c3)cc(C(F)(F)F)c(C#N)c2=O)c(C)c1. The molecule has 4 aromatic rings. The number of aromatic nitrogens is 1. The van der Waals surface area contributed by atoms with E-state index in [-0.39, 0.29) is 12.2 Å². The fraction of sp³-hybridized carbons (Fsp3) is 0.129. The van der Waals surface area contributed by atoms with Gasteiger partial charge in [0.15, 0.2) is 0 Å². The van der Waals surface area contributed by atoms with Crippen LogP contribution in [-0.2, 0) is 17.5 Å². The van der Waals surface area contributed by atoms with Gasteiger partial charge in [-0.2, -0.15) is 18.4 Å². The van der Waals surface area contributed by atoms with Crippen molar-refractivity contribution in [1.29, 1.82) is 5.26 Å². The van der Waals surface area contributed by atoms with Gasteiger partial charge >= 0.3 is 12.1 Å². The molecule has 5 nitrogen and oxygen atoms in total. The minimum atomic E-state index is -4.90. The summed E-state index contributed by atoms with van der Waals surface area (Å²) in [5, 5.41) is 18.4. The van der Waals surface area contributed by atoms with Crippen LogP contribution in [0.1, 0.15) is 33.4 Å². The van der Waals surface area contributed by atoms with Crippen molar-refractivity contribution >= 4 is 12.0 Å². The molecule has 0 unspecified atom stereocenters. The predicted octanol–water partition coefficient (Wildman–Crippen LogP) is 6.84. The number of aliphatic carboxylic acids is 1. The second kappa shape index (κ2) is 10.8. The summed E-state index contributed by atoms with van der Waals surface area (Å²) < 4.78 is 43.1. The topological polar surface area (TPSA) is 83.1 Å². The molecule has 0 fully saturated rings. The number of pyridine rings is 1. The molecule has 0 atom stereocenters. The monoisotopic (exact) mass is 528 g/mol. The lowest BCUT2D eigenvalue weighted by Crippen LogP contribution is -2.29. The Kier molecular flexibility index (Phi) is 7.54. The molecule has 0 radical (unpaired) electrons. The molecular formula is C31H23F3N2O3. The second-order valence-corrected chi connectivity index (χ2v) is 9.13. The summed E-state index contributed by atoms with van der Waals surface area (Å²) >= 11 is 0. The number of carboxylic acids is 1. The number of aryl methyl sites for hydroxylation is 2. The average Bonchev–Trinajstić information content (AvgIpc) is 2.89. The summed E-state index contributed by atoms with van der Waals surface area (Å²) in [5.74, 6) is -1.09. The summed E-state index contributed by atoms with van der Waals surface area (Å²) in [5.41, 5.74) is 1.72. The zero-order chi connectivity index (χ0) is 28.3. The van der Waals surface area contributed by atoms with Crippen LogP contribution in [0.3, 0.4) is 0 Å². The molecule has 4 rings (SSSR count). The molecule has 8 heteroatoms. The number of alkyl halides is 3. The van der Waals surface area contributed by atoms with Crippen LogP contribution < -0.4 is 5.56 Å². The minimum Gasteiger partial charge on any atom is -0.478 e. The predicted molar refractivity (Wildman–Crippen MR) is 143 cm³/mol. The minimum absolute atomic E-state index is 0.0210. The first-order valence-corrected chi connectivity index (χ1v) is 11.9. The van der Waals surface area contributed by atoms with Gasteiger partial charge in [0.25, 0.3) is 5.56 Å². The Morgan fingerprint density at radius 2 is 1.64 bits per heavy atom. The van der Waals surface area contributed by atoms with Gasteiger partial charge in [-0.05, 0) is 71.5 Å². The van der Waals surface area contributed by atoms with Crippen LogP contribution >= 0.6 is 0 Å². The van der Waals surface area contributed by atoms with E-state index in [1.807, 2.05) is 32.0 Å². The van der Waals surface area contributed by atoms with E-state index in [0.29, 0.717) is 22.3 Å². The number of rotatable bonds is 6. The van der Waals surface area contributed by atoms with E-state index >= 15 is 0 Å². The maximum Gasteiger partial charge on any atom is 0.417 e. The van der Waals surface area contributed by atoms with Crippen molar-refractivity contribution in [1.82, 2.24) is 4.57 Å². The molecular weight excluding hydrogens is 505 g/mol. The Morgan fingerprint density at radius 1 is 0.974 bits per heavy atom. The molecule has 0 aliphatic carbocycles. The zero-order valence-corrected chi connectivity index (χ0v) is 21.1. The zero-order valence-electron chi connectivity index (χ0n) is 21.1. The number of carbonyl (C=O) groups is 1. The second-order valence-electron chi connectivity index (χ2n) is 9.13. The van der Waals surface area contributed by atoms with E-state index in [0.717, 1.165) is 28.8 Å². The number of hydrogen-bond donors (Lipinski definition) is 1. The highest BCUT2D eigenvalue weighted by molar-refractivity contribution is 5.85. The molecule has 0 spiro atoms. The van der Waals surface area contributed by atoms with Crippen molar-refractivity contribution in [3.8, 4) is 28.5 Å². The Morgan fingerprint density at radius 3 is 2.28 bits per heavy atom. The first-order valence-electron chi connectivity index (χ1n) is 11.9. The van der Waals surface area contributed by atoms with Crippen LogP contribution in [0.5, 0.6) is 0 Å². The van der Waals surface area contributed by atoms with Gasteiger partial charge in [0.1, 0.15) is 11.6 Å². The number of halogens is 3. The van der Waals surface area contributed by atoms with Gasteiger partial charge < -0.3 is 9.67 Å². The summed E-state index contributed by atoms with van der Waals surface area (Å²) in [6.07, 6.45) is -2.45. The molecule has 0 saturated carbocycles. The molecule has 196 valence electrons. The Bertz CT molecular complexity index is 1710. The lowest BCUT2D eigenvalue weighted by molar-refractivity contribution is -0.138. The van der Waals surface area contributed by atoms with Crippen molar-refractivity contribution in [3.05, 3.63) is 123 Å². The summed E-state index contributed by atoms with van der Waals surface area (Å²) in [4.78, 5) is 24.2. The van der Waals surface area contributed by atoms with Gasteiger partial charge in [-0.25, -0.2) is 4.79 Å². The van der Waals surface area contributed by atoms with Crippen molar-refractivity contribution in [2.45, 2.75) is 26.6 Å². The summed E-state index contributed by atoms with van der Waals surface area (Å²) in [7, 11) is 0. The Balaban J connectivity index is 1.92. The highest BCUT2D eigenvalue weighted by Crippen LogP contribution is 2.35. The Hall–Kier alpha value is -4.90. The molecule has 1 heterocycles. The van der Waals surface area contributed by atoms with Gasteiger partial charge in [-0.3, -0.25) is 4.79 Å². The van der Waals surface area contributed by atoms with Gasteiger partial charge in [-0.15, -0.1) is 0 Å². The normalized spacial score (nSPS) is 11.5. The maximum absolute atomic E-state index is 13.9. The quantitative estimate of drug-likeness (QED) is 0.278. The van der Waals surface area contributed by atoms with Crippen LogP contribution in [0.2, 0.25) is 0 Å². The lowest BCUT2D eigenvalue weighted by atomic mass is 9.97. The number of hydrogen-bond acceptors (Lipinski definition) is 3. The molecule has 1 N–H and O–H groups in total. The smallest absolute Gasteiger partial charge is 0.417 e.